The van der Waals surface area contributed by atoms with Crippen LogP contribution in [0.25, 0.3) is 0 Å². The van der Waals surface area contributed by atoms with Crippen molar-refractivity contribution in [1.29, 1.82) is 0 Å². The first-order valence-corrected chi connectivity index (χ1v) is 19.9. The SMILES string of the molecule is CC(C)(C)OC(=O)N1CCN(c2nc(Cl)nc3c2CCN(Cc2ccccc2)C3)C(CO[Si](c2ccccc2)(c2ccccc2)C(C)(C)C)C1. The third kappa shape index (κ3) is 7.91. The number of hydrogen-bond acceptors (Lipinski definition) is 7. The maximum absolute atomic E-state index is 13.5. The predicted molar refractivity (Wildman–Crippen MR) is 204 cm³/mol. The van der Waals surface area contributed by atoms with Crippen molar-refractivity contribution >= 4 is 42.2 Å². The maximum atomic E-state index is 13.5. The molecule has 3 heterocycles. The number of halogens is 1. The van der Waals surface area contributed by atoms with Crippen molar-refractivity contribution in [2.24, 2.45) is 0 Å². The Morgan fingerprint density at radius 3 is 2.02 bits per heavy atom. The second-order valence-electron chi connectivity index (χ2n) is 15.4. The first-order valence-electron chi connectivity index (χ1n) is 17.7. The molecule has 1 fully saturated rings. The summed E-state index contributed by atoms with van der Waals surface area (Å²) in [4.78, 5) is 29.7. The molecule has 1 aromatic heterocycles. The van der Waals surface area contributed by atoms with Gasteiger partial charge in [-0.05, 0) is 59.8 Å². The molecule has 1 unspecified atom stereocenters. The number of aromatic nitrogens is 2. The summed E-state index contributed by atoms with van der Waals surface area (Å²) in [6.07, 6.45) is 0.496. The highest BCUT2D eigenvalue weighted by molar-refractivity contribution is 6.99. The summed E-state index contributed by atoms with van der Waals surface area (Å²) in [5.41, 5.74) is 2.76. The van der Waals surface area contributed by atoms with Crippen LogP contribution in [-0.4, -0.2) is 78.6 Å². The first-order chi connectivity index (χ1) is 23.8. The number of hydrogen-bond donors (Lipinski definition) is 0. The second-order valence-corrected chi connectivity index (χ2v) is 20.1. The molecule has 4 aromatic rings. The van der Waals surface area contributed by atoms with Crippen LogP contribution in [0.4, 0.5) is 10.6 Å². The van der Waals surface area contributed by atoms with E-state index in [1.54, 1.807) is 0 Å². The molecule has 6 rings (SSSR count). The molecule has 8 nitrogen and oxygen atoms in total. The highest BCUT2D eigenvalue weighted by Gasteiger charge is 2.51. The Morgan fingerprint density at radius 1 is 0.840 bits per heavy atom. The average Bonchev–Trinajstić information content (AvgIpc) is 3.08. The zero-order valence-electron chi connectivity index (χ0n) is 30.2. The Bertz CT molecular complexity index is 1710. The summed E-state index contributed by atoms with van der Waals surface area (Å²) in [7, 11) is -2.86. The van der Waals surface area contributed by atoms with Gasteiger partial charge in [0, 0.05) is 44.8 Å². The Labute approximate surface area is 303 Å². The van der Waals surface area contributed by atoms with Gasteiger partial charge in [0.05, 0.1) is 18.3 Å². The molecule has 3 aromatic carbocycles. The van der Waals surface area contributed by atoms with Crippen molar-refractivity contribution in [3.05, 3.63) is 113 Å². The van der Waals surface area contributed by atoms with Crippen LogP contribution in [0.15, 0.2) is 91.0 Å². The van der Waals surface area contributed by atoms with Gasteiger partial charge in [-0.3, -0.25) is 4.90 Å². The second kappa shape index (κ2) is 14.8. The van der Waals surface area contributed by atoms with E-state index < -0.39 is 13.9 Å². The number of ether oxygens (including phenoxy) is 1. The summed E-state index contributed by atoms with van der Waals surface area (Å²) in [5.74, 6) is 0.847. The summed E-state index contributed by atoms with van der Waals surface area (Å²) in [6.45, 7) is 16.9. The van der Waals surface area contributed by atoms with Crippen molar-refractivity contribution in [3.63, 3.8) is 0 Å². The minimum Gasteiger partial charge on any atom is -0.444 e. The number of rotatable bonds is 8. The van der Waals surface area contributed by atoms with Gasteiger partial charge >= 0.3 is 6.09 Å². The monoisotopic (exact) mass is 711 g/mol. The smallest absolute Gasteiger partial charge is 0.410 e. The quantitative estimate of drug-likeness (QED) is 0.149. The Morgan fingerprint density at radius 2 is 1.44 bits per heavy atom. The Hall–Kier alpha value is -3.76. The molecule has 0 radical (unpaired) electrons. The molecule has 0 saturated carbocycles. The van der Waals surface area contributed by atoms with E-state index in [0.29, 0.717) is 32.8 Å². The molecule has 1 amide bonds. The number of carbonyl (C=O) groups excluding carboxylic acids is 1. The number of anilines is 1. The lowest BCUT2D eigenvalue weighted by Crippen LogP contribution is -2.68. The molecule has 2 aliphatic rings. The molecular formula is C40H50ClN5O3Si. The van der Waals surface area contributed by atoms with Crippen LogP contribution in [0.2, 0.25) is 10.3 Å². The van der Waals surface area contributed by atoms with Gasteiger partial charge in [0.2, 0.25) is 5.28 Å². The van der Waals surface area contributed by atoms with E-state index >= 15 is 0 Å². The number of carbonyl (C=O) groups is 1. The molecular weight excluding hydrogens is 662 g/mol. The van der Waals surface area contributed by atoms with Crippen LogP contribution in [0, 0.1) is 0 Å². The van der Waals surface area contributed by atoms with Crippen molar-refractivity contribution in [3.8, 4) is 0 Å². The van der Waals surface area contributed by atoms with Crippen molar-refractivity contribution in [2.75, 3.05) is 37.7 Å². The number of fused-ring (bicyclic) bond motifs is 1. The van der Waals surface area contributed by atoms with Crippen LogP contribution in [0.1, 0.15) is 58.4 Å². The standard InChI is InChI=1S/C40H50ClN5O3Si/c1-39(2,3)49-38(47)45-24-25-46(36-34-22-23-44(26-30-16-10-7-11-17-30)28-35(34)42-37(41)43-36)31(27-45)29-48-50(40(4,5)6,32-18-12-8-13-19-32)33-20-14-9-15-21-33/h7-21,31H,22-29H2,1-6H3. The topological polar surface area (TPSA) is 71.0 Å². The van der Waals surface area contributed by atoms with Crippen molar-refractivity contribution in [2.45, 2.75) is 77.7 Å². The number of nitrogens with zero attached hydrogens (tertiary/aromatic N) is 5. The van der Waals surface area contributed by atoms with Crippen LogP contribution in [0.5, 0.6) is 0 Å². The van der Waals surface area contributed by atoms with Gasteiger partial charge in [-0.25, -0.2) is 14.8 Å². The molecule has 2 aliphatic heterocycles. The summed E-state index contributed by atoms with van der Waals surface area (Å²) >= 11 is 6.70. The van der Waals surface area contributed by atoms with E-state index in [4.69, 9.17) is 30.7 Å². The van der Waals surface area contributed by atoms with Crippen LogP contribution < -0.4 is 15.3 Å². The Balaban J connectivity index is 1.36. The van der Waals surface area contributed by atoms with Gasteiger partial charge < -0.3 is 19.0 Å². The van der Waals surface area contributed by atoms with Crippen molar-refractivity contribution in [1.82, 2.24) is 19.8 Å². The van der Waals surface area contributed by atoms with Gasteiger partial charge in [-0.15, -0.1) is 0 Å². The summed E-state index contributed by atoms with van der Waals surface area (Å²) in [5, 5.41) is 2.47. The molecule has 50 heavy (non-hydrogen) atoms. The molecule has 0 bridgehead atoms. The Kier molecular flexibility index (Phi) is 10.7. The van der Waals surface area contributed by atoms with E-state index in [9.17, 15) is 4.79 Å². The predicted octanol–water partition coefficient (Wildman–Crippen LogP) is 6.69. The van der Waals surface area contributed by atoms with Gasteiger partial charge in [0.15, 0.2) is 0 Å². The van der Waals surface area contributed by atoms with Crippen LogP contribution >= 0.6 is 11.6 Å². The van der Waals surface area contributed by atoms with Gasteiger partial charge in [-0.1, -0.05) is 112 Å². The zero-order valence-corrected chi connectivity index (χ0v) is 32.0. The van der Waals surface area contributed by atoms with Crippen LogP contribution in [0.3, 0.4) is 0 Å². The van der Waals surface area contributed by atoms with Gasteiger partial charge in [0.25, 0.3) is 8.32 Å². The molecule has 1 atom stereocenters. The molecule has 264 valence electrons. The average molecular weight is 712 g/mol. The van der Waals surface area contributed by atoms with Gasteiger partial charge in [-0.2, -0.15) is 0 Å². The lowest BCUT2D eigenvalue weighted by Gasteiger charge is -2.47. The number of piperazine rings is 1. The molecule has 0 N–H and O–H groups in total. The summed E-state index contributed by atoms with van der Waals surface area (Å²) < 4.78 is 13.3. The molecule has 1 saturated heterocycles. The minimum atomic E-state index is -2.86. The van der Waals surface area contributed by atoms with E-state index in [-0.39, 0.29) is 22.5 Å². The fourth-order valence-corrected chi connectivity index (χ4v) is 12.2. The number of amides is 1. The van der Waals surface area contributed by atoms with E-state index in [1.807, 2.05) is 31.7 Å². The van der Waals surface area contributed by atoms with Gasteiger partial charge in [0.1, 0.15) is 11.4 Å². The fourth-order valence-electron chi connectivity index (χ4n) is 7.40. The minimum absolute atomic E-state index is 0.195. The highest BCUT2D eigenvalue weighted by Crippen LogP contribution is 2.38. The molecule has 0 spiro atoms. The summed E-state index contributed by atoms with van der Waals surface area (Å²) in [6, 6.07) is 31.7. The molecule has 10 heteroatoms. The highest BCUT2D eigenvalue weighted by atomic mass is 35.5. The first kappa shape index (κ1) is 36.0. The normalized spacial score (nSPS) is 17.4. The molecule has 0 aliphatic carbocycles. The lowest BCUT2D eigenvalue weighted by molar-refractivity contribution is 0.0199. The lowest BCUT2D eigenvalue weighted by atomic mass is 10.0. The van der Waals surface area contributed by atoms with Crippen LogP contribution in [-0.2, 0) is 28.7 Å². The van der Waals surface area contributed by atoms with E-state index in [1.165, 1.54) is 15.9 Å². The van der Waals surface area contributed by atoms with E-state index in [0.717, 1.165) is 36.6 Å². The van der Waals surface area contributed by atoms with Crippen molar-refractivity contribution < 1.29 is 14.0 Å². The third-order valence-electron chi connectivity index (χ3n) is 9.66. The third-order valence-corrected chi connectivity index (χ3v) is 14.8. The zero-order chi connectivity index (χ0) is 35.5. The number of benzene rings is 3. The maximum Gasteiger partial charge on any atom is 0.410 e. The fraction of sp³-hybridized carbons (Fsp3) is 0.425. The largest absolute Gasteiger partial charge is 0.444 e. The van der Waals surface area contributed by atoms with E-state index in [2.05, 4.69) is 116 Å².